The van der Waals surface area contributed by atoms with Gasteiger partial charge in [-0.3, -0.25) is 0 Å². The van der Waals surface area contributed by atoms with Crippen LogP contribution in [-0.2, 0) is 5.41 Å². The Morgan fingerprint density at radius 1 is 0.450 bits per heavy atom. The number of para-hydroxylation sites is 2. The number of fused-ring (bicyclic) bond motifs is 14. The summed E-state index contributed by atoms with van der Waals surface area (Å²) in [6.45, 7) is 0. The summed E-state index contributed by atoms with van der Waals surface area (Å²) in [4.78, 5) is 0. The molecule has 7 aromatic rings. The minimum atomic E-state index is -0.623. The molecule has 1 unspecified atom stereocenters. The van der Waals surface area contributed by atoms with Crippen LogP contribution >= 0.6 is 15.9 Å². The molecule has 6 aromatic carbocycles. The van der Waals surface area contributed by atoms with Crippen LogP contribution in [0.4, 0.5) is 0 Å². The van der Waals surface area contributed by atoms with Crippen molar-refractivity contribution in [3.8, 4) is 33.8 Å². The van der Waals surface area contributed by atoms with E-state index >= 15 is 0 Å². The number of ether oxygens (including phenoxy) is 1. The van der Waals surface area contributed by atoms with Crippen molar-refractivity contribution < 1.29 is 9.15 Å². The molecular formula is C37H21BrO2. The van der Waals surface area contributed by atoms with Crippen LogP contribution in [0.1, 0.15) is 22.3 Å². The van der Waals surface area contributed by atoms with E-state index in [1.165, 1.54) is 33.4 Å². The Morgan fingerprint density at radius 3 is 2.00 bits per heavy atom. The van der Waals surface area contributed by atoms with Crippen LogP contribution in [0, 0.1) is 0 Å². The topological polar surface area (TPSA) is 22.4 Å². The molecule has 2 aliphatic rings. The van der Waals surface area contributed by atoms with Crippen molar-refractivity contribution in [1.82, 2.24) is 0 Å². The predicted molar refractivity (Wildman–Crippen MR) is 164 cm³/mol. The fraction of sp³-hybridized carbons (Fsp3) is 0.0270. The van der Waals surface area contributed by atoms with E-state index in [1.54, 1.807) is 0 Å². The molecule has 0 fully saturated rings. The number of benzene rings is 6. The number of hydrogen-bond acceptors (Lipinski definition) is 2. The molecule has 1 spiro atoms. The molecule has 2 heterocycles. The molecule has 0 radical (unpaired) electrons. The van der Waals surface area contributed by atoms with Crippen LogP contribution in [0.5, 0.6) is 11.5 Å². The van der Waals surface area contributed by atoms with Gasteiger partial charge in [0.25, 0.3) is 0 Å². The van der Waals surface area contributed by atoms with Crippen molar-refractivity contribution in [3.05, 3.63) is 154 Å². The fourth-order valence-corrected chi connectivity index (χ4v) is 7.41. The van der Waals surface area contributed by atoms with Gasteiger partial charge in [0.05, 0.1) is 5.41 Å². The van der Waals surface area contributed by atoms with E-state index in [4.69, 9.17) is 9.15 Å². The summed E-state index contributed by atoms with van der Waals surface area (Å²) in [6, 6.07) is 45.5. The standard InChI is InChI=1S/C37H21BrO2/c38-22-17-18-30-27(19-22)24-10-2-1-9-23(24)25-11-3-5-13-29(25)37(30)31-14-6-8-16-34(31)40-36-21-35-28(20-32(36)37)26-12-4-7-15-33(26)39-35/h1-21H. The van der Waals surface area contributed by atoms with E-state index < -0.39 is 5.41 Å². The van der Waals surface area contributed by atoms with Gasteiger partial charge in [-0.25, -0.2) is 0 Å². The van der Waals surface area contributed by atoms with Crippen LogP contribution in [0.15, 0.2) is 136 Å². The number of halogens is 1. The highest BCUT2D eigenvalue weighted by Crippen LogP contribution is 2.61. The molecule has 0 saturated carbocycles. The first kappa shape index (κ1) is 22.2. The quantitative estimate of drug-likeness (QED) is 0.179. The fourth-order valence-electron chi connectivity index (χ4n) is 7.05. The first-order valence-electron chi connectivity index (χ1n) is 13.5. The van der Waals surface area contributed by atoms with Gasteiger partial charge < -0.3 is 9.15 Å². The maximum absolute atomic E-state index is 6.71. The molecule has 1 atom stereocenters. The molecule has 3 heteroatoms. The summed E-state index contributed by atoms with van der Waals surface area (Å²) >= 11 is 3.80. The molecule has 0 N–H and O–H groups in total. The molecule has 1 aliphatic heterocycles. The first-order valence-corrected chi connectivity index (χ1v) is 14.3. The van der Waals surface area contributed by atoms with Gasteiger partial charge in [0, 0.05) is 32.4 Å². The molecule has 9 rings (SSSR count). The largest absolute Gasteiger partial charge is 0.457 e. The molecule has 0 bridgehead atoms. The second-order valence-corrected chi connectivity index (χ2v) is 11.5. The molecule has 40 heavy (non-hydrogen) atoms. The van der Waals surface area contributed by atoms with E-state index in [0.717, 1.165) is 49.0 Å². The van der Waals surface area contributed by atoms with Crippen molar-refractivity contribution in [2.45, 2.75) is 5.41 Å². The lowest BCUT2D eigenvalue weighted by Gasteiger charge is -2.42. The zero-order valence-electron chi connectivity index (χ0n) is 21.3. The number of rotatable bonds is 0. The number of furan rings is 1. The average molecular weight is 577 g/mol. The predicted octanol–water partition coefficient (Wildman–Crippen LogP) is 10.5. The zero-order chi connectivity index (χ0) is 26.4. The Labute approximate surface area is 239 Å². The molecule has 1 aromatic heterocycles. The lowest BCUT2D eigenvalue weighted by Crippen LogP contribution is -2.34. The van der Waals surface area contributed by atoms with Gasteiger partial charge in [-0.2, -0.15) is 0 Å². The van der Waals surface area contributed by atoms with Crippen molar-refractivity contribution in [2.75, 3.05) is 0 Å². The zero-order valence-corrected chi connectivity index (χ0v) is 22.9. The number of hydrogen-bond donors (Lipinski definition) is 0. The summed E-state index contributed by atoms with van der Waals surface area (Å²) in [5, 5.41) is 2.20. The smallest absolute Gasteiger partial charge is 0.139 e. The third-order valence-corrected chi connectivity index (χ3v) is 9.11. The van der Waals surface area contributed by atoms with E-state index in [9.17, 15) is 0 Å². The maximum Gasteiger partial charge on any atom is 0.139 e. The second kappa shape index (κ2) is 7.97. The normalized spacial score (nSPS) is 16.4. The summed E-state index contributed by atoms with van der Waals surface area (Å²) < 4.78 is 14.1. The van der Waals surface area contributed by atoms with E-state index in [1.807, 2.05) is 12.1 Å². The minimum Gasteiger partial charge on any atom is -0.457 e. The monoisotopic (exact) mass is 576 g/mol. The second-order valence-electron chi connectivity index (χ2n) is 10.6. The Kier molecular flexibility index (Phi) is 4.43. The Bertz CT molecular complexity index is 2170. The van der Waals surface area contributed by atoms with Gasteiger partial charge in [0.15, 0.2) is 0 Å². The molecule has 2 nitrogen and oxygen atoms in total. The molecule has 1 aliphatic carbocycles. The highest BCUT2D eigenvalue weighted by Gasteiger charge is 2.49. The van der Waals surface area contributed by atoms with Crippen molar-refractivity contribution in [1.29, 1.82) is 0 Å². The molecular weight excluding hydrogens is 556 g/mol. The van der Waals surface area contributed by atoms with E-state index in [0.29, 0.717) is 0 Å². The summed E-state index contributed by atoms with van der Waals surface area (Å²) in [7, 11) is 0. The van der Waals surface area contributed by atoms with Gasteiger partial charge in [0.2, 0.25) is 0 Å². The third-order valence-electron chi connectivity index (χ3n) is 8.62. The van der Waals surface area contributed by atoms with Gasteiger partial charge in [-0.15, -0.1) is 0 Å². The molecule has 188 valence electrons. The highest BCUT2D eigenvalue weighted by molar-refractivity contribution is 9.10. The van der Waals surface area contributed by atoms with E-state index in [-0.39, 0.29) is 0 Å². The summed E-state index contributed by atoms with van der Waals surface area (Å²) in [6.07, 6.45) is 0. The van der Waals surface area contributed by atoms with Gasteiger partial charge in [-0.1, -0.05) is 107 Å². The van der Waals surface area contributed by atoms with Crippen LogP contribution in [0.2, 0.25) is 0 Å². The van der Waals surface area contributed by atoms with Crippen molar-refractivity contribution >= 4 is 37.9 Å². The maximum atomic E-state index is 6.71. The Morgan fingerprint density at radius 2 is 1.12 bits per heavy atom. The van der Waals surface area contributed by atoms with Crippen LogP contribution < -0.4 is 4.74 Å². The lowest BCUT2D eigenvalue weighted by atomic mass is 9.62. The Balaban J connectivity index is 1.54. The van der Waals surface area contributed by atoms with Crippen LogP contribution in [-0.4, -0.2) is 0 Å². The van der Waals surface area contributed by atoms with Crippen LogP contribution in [0.3, 0.4) is 0 Å². The van der Waals surface area contributed by atoms with Crippen LogP contribution in [0.25, 0.3) is 44.2 Å². The van der Waals surface area contributed by atoms with Gasteiger partial charge >= 0.3 is 0 Å². The minimum absolute atomic E-state index is 0.623. The lowest BCUT2D eigenvalue weighted by molar-refractivity contribution is 0.435. The first-order chi connectivity index (χ1) is 19.7. The van der Waals surface area contributed by atoms with E-state index in [2.05, 4.69) is 131 Å². The highest BCUT2D eigenvalue weighted by atomic mass is 79.9. The average Bonchev–Trinajstić information content (AvgIpc) is 3.32. The summed E-state index contributed by atoms with van der Waals surface area (Å²) in [5.74, 6) is 1.68. The van der Waals surface area contributed by atoms with Gasteiger partial charge in [-0.05, 0) is 63.7 Å². The summed E-state index contributed by atoms with van der Waals surface area (Å²) in [5.41, 5.74) is 10.7. The molecule has 0 saturated heterocycles. The van der Waals surface area contributed by atoms with Crippen molar-refractivity contribution in [2.24, 2.45) is 0 Å². The third kappa shape index (κ3) is 2.78. The molecule has 0 amide bonds. The SMILES string of the molecule is Brc1ccc2c(c1)-c1ccccc1-c1ccccc1C21c2ccccc2Oc2cc3oc4ccccc4c3cc21. The van der Waals surface area contributed by atoms with Gasteiger partial charge in [0.1, 0.15) is 22.7 Å². The Hall–Kier alpha value is -4.60. The van der Waals surface area contributed by atoms with Crippen molar-refractivity contribution in [3.63, 3.8) is 0 Å².